The van der Waals surface area contributed by atoms with Gasteiger partial charge in [0.25, 0.3) is 0 Å². The number of primary amides is 1. The van der Waals surface area contributed by atoms with Gasteiger partial charge in [0.1, 0.15) is 12.7 Å². The molecule has 1 aliphatic heterocycles. The van der Waals surface area contributed by atoms with E-state index in [1.54, 1.807) is 0 Å². The van der Waals surface area contributed by atoms with Crippen molar-refractivity contribution >= 4 is 12.0 Å². The molecule has 0 saturated carbocycles. The van der Waals surface area contributed by atoms with Crippen LogP contribution in [-0.4, -0.2) is 30.8 Å². The molecule has 6 nitrogen and oxygen atoms in total. The fourth-order valence-corrected chi connectivity index (χ4v) is 2.02. The number of nitrogens with two attached hydrogens (primary N) is 1. The molecule has 1 aliphatic rings. The number of carbonyl (C=O) groups is 2. The molecule has 2 atom stereocenters. The summed E-state index contributed by atoms with van der Waals surface area (Å²) >= 11 is 0. The molecular weight excluding hydrogens is 260 g/mol. The molecule has 1 saturated heterocycles. The fourth-order valence-electron chi connectivity index (χ4n) is 2.02. The topological polar surface area (TPSA) is 90.7 Å². The zero-order valence-corrected chi connectivity index (χ0v) is 11.1. The summed E-state index contributed by atoms with van der Waals surface area (Å²) < 4.78 is 10.4. The third-order valence-corrected chi connectivity index (χ3v) is 3.13. The van der Waals surface area contributed by atoms with Crippen LogP contribution in [0.3, 0.4) is 0 Å². The zero-order valence-electron chi connectivity index (χ0n) is 11.1. The van der Waals surface area contributed by atoms with Crippen molar-refractivity contribution in [3.05, 3.63) is 35.9 Å². The predicted molar refractivity (Wildman–Crippen MR) is 71.7 cm³/mol. The summed E-state index contributed by atoms with van der Waals surface area (Å²) in [4.78, 5) is 22.5. The van der Waals surface area contributed by atoms with E-state index in [1.165, 1.54) is 0 Å². The lowest BCUT2D eigenvalue weighted by Gasteiger charge is -2.27. The number of carbonyl (C=O) groups excluding carboxylic acids is 2. The Balaban J connectivity index is 1.69. The molecule has 0 aromatic heterocycles. The van der Waals surface area contributed by atoms with Gasteiger partial charge in [0.05, 0.1) is 12.6 Å². The summed E-state index contributed by atoms with van der Waals surface area (Å²) in [6.07, 6.45) is 0.126. The minimum Gasteiger partial charge on any atom is -0.445 e. The Bertz CT molecular complexity index is 456. The van der Waals surface area contributed by atoms with E-state index in [4.69, 9.17) is 15.2 Å². The van der Waals surface area contributed by atoms with Gasteiger partial charge >= 0.3 is 6.09 Å². The summed E-state index contributed by atoms with van der Waals surface area (Å²) in [6.45, 7) is 0.498. The second kappa shape index (κ2) is 6.91. The first kappa shape index (κ1) is 14.3. The lowest BCUT2D eigenvalue weighted by atomic mass is 10.1. The van der Waals surface area contributed by atoms with Crippen LogP contribution in [-0.2, 0) is 20.9 Å². The third kappa shape index (κ3) is 4.24. The molecule has 0 bridgehead atoms. The van der Waals surface area contributed by atoms with Crippen LogP contribution in [0.1, 0.15) is 18.4 Å². The Kier molecular flexibility index (Phi) is 4.95. The van der Waals surface area contributed by atoms with Crippen LogP contribution >= 0.6 is 0 Å². The van der Waals surface area contributed by atoms with Gasteiger partial charge in [-0.3, -0.25) is 4.79 Å². The third-order valence-electron chi connectivity index (χ3n) is 3.13. The van der Waals surface area contributed by atoms with Gasteiger partial charge in [-0.15, -0.1) is 0 Å². The van der Waals surface area contributed by atoms with Crippen molar-refractivity contribution in [1.82, 2.24) is 5.32 Å². The highest BCUT2D eigenvalue weighted by Gasteiger charge is 2.26. The van der Waals surface area contributed by atoms with E-state index in [0.29, 0.717) is 12.8 Å². The van der Waals surface area contributed by atoms with Gasteiger partial charge < -0.3 is 20.5 Å². The first-order chi connectivity index (χ1) is 9.65. The smallest absolute Gasteiger partial charge is 0.407 e. The number of nitrogens with one attached hydrogen (secondary N) is 1. The molecule has 2 amide bonds. The van der Waals surface area contributed by atoms with Crippen molar-refractivity contribution in [2.75, 3.05) is 6.61 Å². The molecule has 0 spiro atoms. The van der Waals surface area contributed by atoms with Gasteiger partial charge in [0.15, 0.2) is 0 Å². The van der Waals surface area contributed by atoms with Gasteiger partial charge in [-0.05, 0) is 18.4 Å². The van der Waals surface area contributed by atoms with Crippen LogP contribution < -0.4 is 11.1 Å². The number of hydrogen-bond donors (Lipinski definition) is 2. The van der Waals surface area contributed by atoms with Crippen molar-refractivity contribution in [1.29, 1.82) is 0 Å². The van der Waals surface area contributed by atoms with Crippen LogP contribution in [0.25, 0.3) is 0 Å². The van der Waals surface area contributed by atoms with Crippen molar-refractivity contribution in [2.45, 2.75) is 31.6 Å². The van der Waals surface area contributed by atoms with E-state index >= 15 is 0 Å². The fraction of sp³-hybridized carbons (Fsp3) is 0.429. The maximum absolute atomic E-state index is 11.6. The molecule has 0 radical (unpaired) electrons. The maximum atomic E-state index is 11.6. The van der Waals surface area contributed by atoms with Gasteiger partial charge in [-0.25, -0.2) is 4.79 Å². The number of alkyl carbamates (subject to hydrolysis) is 1. The summed E-state index contributed by atoms with van der Waals surface area (Å²) in [5.41, 5.74) is 6.08. The first-order valence-corrected chi connectivity index (χ1v) is 6.53. The standard InChI is InChI=1S/C14H18N2O4/c15-13(17)12-7-6-11(9-19-12)16-14(18)20-8-10-4-2-1-3-5-10/h1-5,11-12H,6-9H2,(H2,15,17)(H,16,18)/t11-,12+/m1/s1. The Morgan fingerprint density at radius 1 is 1.30 bits per heavy atom. The highest BCUT2D eigenvalue weighted by molar-refractivity contribution is 5.78. The van der Waals surface area contributed by atoms with E-state index in [1.807, 2.05) is 30.3 Å². The van der Waals surface area contributed by atoms with E-state index in [-0.39, 0.29) is 19.3 Å². The SMILES string of the molecule is NC(=O)[C@@H]1CC[C@@H](NC(=O)OCc2ccccc2)CO1. The molecule has 0 aliphatic carbocycles. The Morgan fingerprint density at radius 2 is 2.05 bits per heavy atom. The Morgan fingerprint density at radius 3 is 2.65 bits per heavy atom. The molecule has 0 unspecified atom stereocenters. The van der Waals surface area contributed by atoms with Crippen LogP contribution in [0.5, 0.6) is 0 Å². The van der Waals surface area contributed by atoms with Crippen LogP contribution in [0, 0.1) is 0 Å². The quantitative estimate of drug-likeness (QED) is 0.857. The summed E-state index contributed by atoms with van der Waals surface area (Å²) in [7, 11) is 0. The summed E-state index contributed by atoms with van der Waals surface area (Å²) in [5, 5.41) is 2.71. The zero-order chi connectivity index (χ0) is 14.4. The van der Waals surface area contributed by atoms with E-state index < -0.39 is 18.1 Å². The number of benzene rings is 1. The van der Waals surface area contributed by atoms with Gasteiger partial charge in [0.2, 0.25) is 5.91 Å². The number of hydrogen-bond acceptors (Lipinski definition) is 4. The molecule has 1 fully saturated rings. The van der Waals surface area contributed by atoms with Crippen molar-refractivity contribution in [3.8, 4) is 0 Å². The minimum absolute atomic E-state index is 0.145. The van der Waals surface area contributed by atoms with Crippen LogP contribution in [0.4, 0.5) is 4.79 Å². The van der Waals surface area contributed by atoms with Crippen LogP contribution in [0.15, 0.2) is 30.3 Å². The average molecular weight is 278 g/mol. The lowest BCUT2D eigenvalue weighted by Crippen LogP contribution is -2.46. The molecular formula is C14H18N2O4. The first-order valence-electron chi connectivity index (χ1n) is 6.53. The second-order valence-electron chi connectivity index (χ2n) is 4.70. The normalized spacial score (nSPS) is 22.0. The molecule has 20 heavy (non-hydrogen) atoms. The Labute approximate surface area is 117 Å². The van der Waals surface area contributed by atoms with E-state index in [0.717, 1.165) is 5.56 Å². The summed E-state index contributed by atoms with van der Waals surface area (Å²) in [6, 6.07) is 9.29. The Hall–Kier alpha value is -2.08. The number of ether oxygens (including phenoxy) is 2. The van der Waals surface area contributed by atoms with Gasteiger partial charge in [0, 0.05) is 0 Å². The van der Waals surface area contributed by atoms with Crippen molar-refractivity contribution in [3.63, 3.8) is 0 Å². The molecule has 3 N–H and O–H groups in total. The largest absolute Gasteiger partial charge is 0.445 e. The molecule has 6 heteroatoms. The molecule has 1 heterocycles. The maximum Gasteiger partial charge on any atom is 0.407 e. The molecule has 2 rings (SSSR count). The van der Waals surface area contributed by atoms with E-state index in [2.05, 4.69) is 5.32 Å². The van der Waals surface area contributed by atoms with Crippen molar-refractivity contribution in [2.24, 2.45) is 5.73 Å². The van der Waals surface area contributed by atoms with Gasteiger partial charge in [-0.1, -0.05) is 30.3 Å². The van der Waals surface area contributed by atoms with Gasteiger partial charge in [-0.2, -0.15) is 0 Å². The summed E-state index contributed by atoms with van der Waals surface area (Å²) in [5.74, 6) is -0.463. The molecule has 1 aromatic carbocycles. The predicted octanol–water partition coefficient (Wildman–Crippen LogP) is 0.946. The second-order valence-corrected chi connectivity index (χ2v) is 4.70. The highest BCUT2D eigenvalue weighted by atomic mass is 16.5. The average Bonchev–Trinajstić information content (AvgIpc) is 2.47. The lowest BCUT2D eigenvalue weighted by molar-refractivity contribution is -0.132. The molecule has 1 aromatic rings. The number of rotatable bonds is 4. The molecule has 108 valence electrons. The highest BCUT2D eigenvalue weighted by Crippen LogP contribution is 2.13. The minimum atomic E-state index is -0.548. The van der Waals surface area contributed by atoms with E-state index in [9.17, 15) is 9.59 Å². The van der Waals surface area contributed by atoms with Crippen LogP contribution in [0.2, 0.25) is 0 Å². The number of amides is 2. The monoisotopic (exact) mass is 278 g/mol. The van der Waals surface area contributed by atoms with Crippen molar-refractivity contribution < 1.29 is 19.1 Å².